The van der Waals surface area contributed by atoms with Crippen molar-refractivity contribution in [1.29, 1.82) is 0 Å². The third-order valence-corrected chi connectivity index (χ3v) is 3.38. The lowest BCUT2D eigenvalue weighted by atomic mass is 9.87. The summed E-state index contributed by atoms with van der Waals surface area (Å²) in [5, 5.41) is 2.15. The highest BCUT2D eigenvalue weighted by atomic mass is 19.2. The Morgan fingerprint density at radius 1 is 1.08 bits per heavy atom. The number of anilines is 1. The van der Waals surface area contributed by atoms with E-state index in [-0.39, 0.29) is 12.0 Å². The van der Waals surface area contributed by atoms with Crippen LogP contribution in [0.3, 0.4) is 0 Å². The van der Waals surface area contributed by atoms with Crippen LogP contribution in [0.2, 0.25) is 0 Å². The highest BCUT2D eigenvalue weighted by molar-refractivity contribution is 5.92. The van der Waals surface area contributed by atoms with E-state index in [0.29, 0.717) is 5.75 Å². The molecule has 0 atom stereocenters. The van der Waals surface area contributed by atoms with E-state index in [4.69, 9.17) is 4.74 Å². The molecule has 2 rings (SSSR count). The highest BCUT2D eigenvalue weighted by Crippen LogP contribution is 2.25. The summed E-state index contributed by atoms with van der Waals surface area (Å²) < 4.78 is 44.8. The predicted octanol–water partition coefficient (Wildman–Crippen LogP) is 4.42. The minimum Gasteiger partial charge on any atom is -0.484 e. The molecule has 0 fully saturated rings. The maximum Gasteiger partial charge on any atom is 0.262 e. The molecule has 1 amide bonds. The first kappa shape index (κ1) is 17.8. The second-order valence-electron chi connectivity index (χ2n) is 6.34. The Kier molecular flexibility index (Phi) is 5.17. The van der Waals surface area contributed by atoms with E-state index in [1.165, 1.54) is 0 Å². The Hall–Kier alpha value is -2.50. The topological polar surface area (TPSA) is 38.3 Å². The molecule has 0 aliphatic heterocycles. The number of hydrogen-bond acceptors (Lipinski definition) is 2. The van der Waals surface area contributed by atoms with E-state index in [0.717, 1.165) is 17.7 Å². The van der Waals surface area contributed by atoms with Gasteiger partial charge in [0.1, 0.15) is 5.75 Å². The molecule has 6 heteroatoms. The van der Waals surface area contributed by atoms with Gasteiger partial charge in [0.05, 0.1) is 5.69 Å². The molecule has 0 aliphatic rings. The smallest absolute Gasteiger partial charge is 0.262 e. The number of carbonyl (C=O) groups excluding carboxylic acids is 1. The molecule has 0 radical (unpaired) electrons. The summed E-state index contributed by atoms with van der Waals surface area (Å²) >= 11 is 0. The first-order valence-corrected chi connectivity index (χ1v) is 7.35. The van der Waals surface area contributed by atoms with Gasteiger partial charge in [0.2, 0.25) is 0 Å². The average Bonchev–Trinajstić information content (AvgIpc) is 2.53. The largest absolute Gasteiger partial charge is 0.484 e. The fourth-order valence-corrected chi connectivity index (χ4v) is 2.01. The summed E-state index contributed by atoms with van der Waals surface area (Å²) in [6.07, 6.45) is 0. The van der Waals surface area contributed by atoms with E-state index in [9.17, 15) is 18.0 Å². The molecule has 0 heterocycles. The minimum atomic E-state index is -1.63. The second kappa shape index (κ2) is 6.95. The van der Waals surface area contributed by atoms with Crippen LogP contribution in [0, 0.1) is 17.5 Å². The van der Waals surface area contributed by atoms with Crippen molar-refractivity contribution in [3.8, 4) is 5.75 Å². The number of nitrogens with one attached hydrogen (secondary N) is 1. The Morgan fingerprint density at radius 2 is 1.79 bits per heavy atom. The van der Waals surface area contributed by atoms with Gasteiger partial charge in [0.15, 0.2) is 24.1 Å². The molecule has 0 spiro atoms. The molecule has 0 aliphatic carbocycles. The molecule has 1 N–H and O–H groups in total. The van der Waals surface area contributed by atoms with Crippen molar-refractivity contribution < 1.29 is 22.7 Å². The van der Waals surface area contributed by atoms with Crippen molar-refractivity contribution >= 4 is 11.6 Å². The monoisotopic (exact) mass is 337 g/mol. The molecular weight excluding hydrogens is 319 g/mol. The molecule has 2 aromatic carbocycles. The normalized spacial score (nSPS) is 11.2. The third-order valence-electron chi connectivity index (χ3n) is 3.38. The molecule has 0 aromatic heterocycles. The van der Waals surface area contributed by atoms with Crippen LogP contribution < -0.4 is 10.1 Å². The van der Waals surface area contributed by atoms with Crippen LogP contribution >= 0.6 is 0 Å². The van der Waals surface area contributed by atoms with Gasteiger partial charge in [0.25, 0.3) is 5.91 Å². The van der Waals surface area contributed by atoms with E-state index in [2.05, 4.69) is 5.32 Å². The Balaban J connectivity index is 2.01. The van der Waals surface area contributed by atoms with Crippen LogP contribution in [-0.4, -0.2) is 12.5 Å². The first-order chi connectivity index (χ1) is 11.2. The summed E-state index contributed by atoms with van der Waals surface area (Å²) in [7, 11) is 0. The van der Waals surface area contributed by atoms with Crippen molar-refractivity contribution in [2.75, 3.05) is 11.9 Å². The van der Waals surface area contributed by atoms with Crippen LogP contribution in [0.4, 0.5) is 18.9 Å². The van der Waals surface area contributed by atoms with Crippen molar-refractivity contribution in [3.05, 3.63) is 59.4 Å². The van der Waals surface area contributed by atoms with Crippen LogP contribution in [0.25, 0.3) is 0 Å². The van der Waals surface area contributed by atoms with Gasteiger partial charge >= 0.3 is 0 Å². The molecule has 0 bridgehead atoms. The number of hydrogen-bond donors (Lipinski definition) is 1. The quantitative estimate of drug-likeness (QED) is 0.839. The summed E-state index contributed by atoms with van der Waals surface area (Å²) in [5.74, 6) is -4.59. The zero-order valence-electron chi connectivity index (χ0n) is 13.6. The molecule has 24 heavy (non-hydrogen) atoms. The molecular formula is C18H18F3NO2. The van der Waals surface area contributed by atoms with Crippen LogP contribution in [0.5, 0.6) is 5.75 Å². The number of halogens is 3. The molecule has 0 saturated carbocycles. The van der Waals surface area contributed by atoms with Crippen LogP contribution in [-0.2, 0) is 10.2 Å². The second-order valence-corrected chi connectivity index (χ2v) is 6.34. The highest BCUT2D eigenvalue weighted by Gasteiger charge is 2.16. The molecule has 2 aromatic rings. The fourth-order valence-electron chi connectivity index (χ4n) is 2.01. The Labute approximate surface area is 138 Å². The van der Waals surface area contributed by atoms with Gasteiger partial charge in [-0.3, -0.25) is 4.79 Å². The summed E-state index contributed by atoms with van der Waals surface area (Å²) in [4.78, 5) is 11.8. The SMILES string of the molecule is CC(C)(C)c1cccc(OCC(=O)Nc2ccc(F)c(F)c2F)c1. The van der Waals surface area contributed by atoms with Gasteiger partial charge in [0, 0.05) is 0 Å². The lowest BCUT2D eigenvalue weighted by molar-refractivity contribution is -0.118. The van der Waals surface area contributed by atoms with Crippen molar-refractivity contribution in [2.45, 2.75) is 26.2 Å². The summed E-state index contributed by atoms with van der Waals surface area (Å²) in [6, 6.07) is 8.95. The minimum absolute atomic E-state index is 0.0730. The zero-order chi connectivity index (χ0) is 17.9. The van der Waals surface area contributed by atoms with E-state index in [1.54, 1.807) is 6.07 Å². The van der Waals surface area contributed by atoms with Crippen molar-refractivity contribution in [1.82, 2.24) is 0 Å². The first-order valence-electron chi connectivity index (χ1n) is 7.35. The van der Waals surface area contributed by atoms with Gasteiger partial charge in [-0.1, -0.05) is 32.9 Å². The van der Waals surface area contributed by atoms with Gasteiger partial charge in [-0.25, -0.2) is 13.2 Å². The average molecular weight is 337 g/mol. The van der Waals surface area contributed by atoms with Gasteiger partial charge in [-0.15, -0.1) is 0 Å². The molecule has 128 valence electrons. The molecule has 3 nitrogen and oxygen atoms in total. The maximum absolute atomic E-state index is 13.5. The summed E-state index contributed by atoms with van der Waals surface area (Å²) in [5.41, 5.74) is 0.522. The standard InChI is InChI=1S/C18H18F3NO2/c1-18(2,3)11-5-4-6-12(9-11)24-10-15(23)22-14-8-7-13(19)16(20)17(14)21/h4-9H,10H2,1-3H3,(H,22,23). The molecule has 0 unspecified atom stereocenters. The number of amides is 1. The number of ether oxygens (including phenoxy) is 1. The van der Waals surface area contributed by atoms with E-state index >= 15 is 0 Å². The van der Waals surface area contributed by atoms with Crippen LogP contribution in [0.15, 0.2) is 36.4 Å². The lowest BCUT2D eigenvalue weighted by Gasteiger charge is -2.19. The lowest BCUT2D eigenvalue weighted by Crippen LogP contribution is -2.21. The number of rotatable bonds is 4. The predicted molar refractivity (Wildman–Crippen MR) is 85.6 cm³/mol. The van der Waals surface area contributed by atoms with E-state index < -0.39 is 29.0 Å². The Bertz CT molecular complexity index is 754. The summed E-state index contributed by atoms with van der Waals surface area (Å²) in [6.45, 7) is 5.76. The van der Waals surface area contributed by atoms with Crippen LogP contribution in [0.1, 0.15) is 26.3 Å². The van der Waals surface area contributed by atoms with Crippen molar-refractivity contribution in [3.63, 3.8) is 0 Å². The maximum atomic E-state index is 13.5. The zero-order valence-corrected chi connectivity index (χ0v) is 13.6. The van der Waals surface area contributed by atoms with Gasteiger partial charge in [-0.2, -0.15) is 0 Å². The fraction of sp³-hybridized carbons (Fsp3) is 0.278. The van der Waals surface area contributed by atoms with Gasteiger partial charge < -0.3 is 10.1 Å². The van der Waals surface area contributed by atoms with Crippen molar-refractivity contribution in [2.24, 2.45) is 0 Å². The number of carbonyl (C=O) groups is 1. The van der Waals surface area contributed by atoms with Gasteiger partial charge in [-0.05, 0) is 35.2 Å². The molecule has 0 saturated heterocycles. The Morgan fingerprint density at radius 3 is 2.46 bits per heavy atom. The van der Waals surface area contributed by atoms with E-state index in [1.807, 2.05) is 39.0 Å². The number of benzene rings is 2. The third kappa shape index (κ3) is 4.28.